The van der Waals surface area contributed by atoms with Gasteiger partial charge in [-0.15, -0.1) is 0 Å². The normalized spacial score (nSPS) is 17.6. The molecule has 2 N–H and O–H groups in total. The third-order valence-electron chi connectivity index (χ3n) is 3.52. The largest absolute Gasteiger partial charge is 0.496 e. The van der Waals surface area contributed by atoms with E-state index in [9.17, 15) is 0 Å². The van der Waals surface area contributed by atoms with Crippen LogP contribution in [-0.4, -0.2) is 13.7 Å². The second-order valence-electron chi connectivity index (χ2n) is 4.70. The van der Waals surface area contributed by atoms with E-state index in [4.69, 9.17) is 4.74 Å². The van der Waals surface area contributed by atoms with Gasteiger partial charge in [-0.3, -0.25) is 0 Å². The van der Waals surface area contributed by atoms with Crippen molar-refractivity contribution in [3.8, 4) is 5.75 Å². The molecule has 0 saturated carbocycles. The SMILES string of the molecule is COc1ccccc1C1CCNc2ccccc2N1. The van der Waals surface area contributed by atoms with Crippen LogP contribution in [0.2, 0.25) is 0 Å². The highest BCUT2D eigenvalue weighted by Gasteiger charge is 2.19. The molecule has 1 atom stereocenters. The topological polar surface area (TPSA) is 33.3 Å². The fourth-order valence-corrected chi connectivity index (χ4v) is 2.56. The van der Waals surface area contributed by atoms with Crippen LogP contribution < -0.4 is 15.4 Å². The van der Waals surface area contributed by atoms with Crippen molar-refractivity contribution in [2.24, 2.45) is 0 Å². The van der Waals surface area contributed by atoms with Crippen LogP contribution in [0.5, 0.6) is 5.75 Å². The van der Waals surface area contributed by atoms with E-state index in [-0.39, 0.29) is 6.04 Å². The molecule has 0 radical (unpaired) electrons. The number of benzene rings is 2. The first-order valence-corrected chi connectivity index (χ1v) is 6.61. The monoisotopic (exact) mass is 254 g/mol. The smallest absolute Gasteiger partial charge is 0.124 e. The Morgan fingerprint density at radius 2 is 1.74 bits per heavy atom. The average molecular weight is 254 g/mol. The van der Waals surface area contributed by atoms with Gasteiger partial charge in [0.05, 0.1) is 24.5 Å². The Kier molecular flexibility index (Phi) is 3.27. The van der Waals surface area contributed by atoms with Crippen molar-refractivity contribution in [2.45, 2.75) is 12.5 Å². The predicted molar refractivity (Wildman–Crippen MR) is 78.9 cm³/mol. The minimum absolute atomic E-state index is 0.271. The number of ether oxygens (including phenoxy) is 1. The maximum Gasteiger partial charge on any atom is 0.124 e. The van der Waals surface area contributed by atoms with E-state index in [1.165, 1.54) is 11.3 Å². The highest BCUT2D eigenvalue weighted by atomic mass is 16.5. The third kappa shape index (κ3) is 2.36. The molecule has 3 heteroatoms. The molecule has 98 valence electrons. The number of rotatable bonds is 2. The van der Waals surface area contributed by atoms with Gasteiger partial charge in [0.25, 0.3) is 0 Å². The van der Waals surface area contributed by atoms with E-state index in [0.29, 0.717) is 0 Å². The zero-order valence-electron chi connectivity index (χ0n) is 11.0. The van der Waals surface area contributed by atoms with Gasteiger partial charge in [-0.2, -0.15) is 0 Å². The van der Waals surface area contributed by atoms with Gasteiger partial charge < -0.3 is 15.4 Å². The lowest BCUT2D eigenvalue weighted by Gasteiger charge is -2.20. The Bertz CT molecular complexity index is 568. The van der Waals surface area contributed by atoms with Gasteiger partial charge in [0, 0.05) is 12.1 Å². The number of methoxy groups -OCH3 is 1. The van der Waals surface area contributed by atoms with Crippen molar-refractivity contribution in [3.05, 3.63) is 54.1 Å². The molecule has 0 amide bonds. The molecule has 19 heavy (non-hydrogen) atoms. The van der Waals surface area contributed by atoms with Crippen molar-refractivity contribution >= 4 is 11.4 Å². The molecule has 3 rings (SSSR count). The highest BCUT2D eigenvalue weighted by Crippen LogP contribution is 2.34. The summed E-state index contributed by atoms with van der Waals surface area (Å²) < 4.78 is 5.47. The molecule has 2 aromatic rings. The zero-order valence-corrected chi connectivity index (χ0v) is 11.0. The van der Waals surface area contributed by atoms with Crippen molar-refractivity contribution in [2.75, 3.05) is 24.3 Å². The van der Waals surface area contributed by atoms with Crippen LogP contribution in [0.4, 0.5) is 11.4 Å². The maximum absolute atomic E-state index is 5.47. The fourth-order valence-electron chi connectivity index (χ4n) is 2.56. The lowest BCUT2D eigenvalue weighted by atomic mass is 10.0. The Hall–Kier alpha value is -2.16. The summed E-state index contributed by atoms with van der Waals surface area (Å²) in [6.45, 7) is 0.951. The Morgan fingerprint density at radius 1 is 1.00 bits per heavy atom. The standard InChI is InChI=1S/C16H18N2O/c1-19-16-9-5-2-6-12(16)13-10-11-17-14-7-3-4-8-15(14)18-13/h2-9,13,17-18H,10-11H2,1H3. The Morgan fingerprint density at radius 3 is 2.58 bits per heavy atom. The van der Waals surface area contributed by atoms with Crippen molar-refractivity contribution in [1.29, 1.82) is 0 Å². The Balaban J connectivity index is 1.94. The number of nitrogens with one attached hydrogen (secondary N) is 2. The van der Waals surface area contributed by atoms with Crippen LogP contribution in [0, 0.1) is 0 Å². The third-order valence-corrected chi connectivity index (χ3v) is 3.52. The average Bonchev–Trinajstić information content (AvgIpc) is 2.69. The van der Waals surface area contributed by atoms with Crippen LogP contribution in [0.15, 0.2) is 48.5 Å². The molecular weight excluding hydrogens is 236 g/mol. The molecule has 1 aliphatic rings. The molecule has 0 bridgehead atoms. The summed E-state index contributed by atoms with van der Waals surface area (Å²) in [6, 6.07) is 16.8. The maximum atomic E-state index is 5.47. The first-order valence-electron chi connectivity index (χ1n) is 6.61. The summed E-state index contributed by atoms with van der Waals surface area (Å²) in [5, 5.41) is 7.07. The molecular formula is C16H18N2O. The molecule has 3 nitrogen and oxygen atoms in total. The first kappa shape index (κ1) is 11.9. The van der Waals surface area contributed by atoms with Crippen LogP contribution in [-0.2, 0) is 0 Å². The van der Waals surface area contributed by atoms with E-state index >= 15 is 0 Å². The molecule has 1 unspecified atom stereocenters. The summed E-state index contributed by atoms with van der Waals surface area (Å²) in [6.07, 6.45) is 1.02. The number of anilines is 2. The van der Waals surface area contributed by atoms with Crippen LogP contribution in [0.1, 0.15) is 18.0 Å². The van der Waals surface area contributed by atoms with Gasteiger partial charge in [-0.25, -0.2) is 0 Å². The molecule has 0 aliphatic carbocycles. The fraction of sp³-hybridized carbons (Fsp3) is 0.250. The predicted octanol–water partition coefficient (Wildman–Crippen LogP) is 3.66. The van der Waals surface area contributed by atoms with E-state index < -0.39 is 0 Å². The molecule has 0 aromatic heterocycles. The van der Waals surface area contributed by atoms with E-state index in [0.717, 1.165) is 24.4 Å². The molecule has 0 spiro atoms. The lowest BCUT2D eigenvalue weighted by Crippen LogP contribution is -2.12. The van der Waals surface area contributed by atoms with Crippen molar-refractivity contribution in [3.63, 3.8) is 0 Å². The first-order chi connectivity index (χ1) is 9.38. The van der Waals surface area contributed by atoms with Crippen LogP contribution in [0.3, 0.4) is 0 Å². The second-order valence-corrected chi connectivity index (χ2v) is 4.70. The van der Waals surface area contributed by atoms with E-state index in [1.54, 1.807) is 7.11 Å². The Labute approximate surface area is 113 Å². The number of para-hydroxylation sites is 3. The van der Waals surface area contributed by atoms with Gasteiger partial charge in [-0.05, 0) is 24.6 Å². The molecule has 1 aliphatic heterocycles. The quantitative estimate of drug-likeness (QED) is 0.858. The molecule has 0 fully saturated rings. The minimum Gasteiger partial charge on any atom is -0.496 e. The molecule has 0 saturated heterocycles. The van der Waals surface area contributed by atoms with Gasteiger partial charge in [-0.1, -0.05) is 30.3 Å². The molecule has 2 aromatic carbocycles. The number of fused-ring (bicyclic) bond motifs is 1. The summed E-state index contributed by atoms with van der Waals surface area (Å²) >= 11 is 0. The van der Waals surface area contributed by atoms with E-state index in [1.807, 2.05) is 12.1 Å². The van der Waals surface area contributed by atoms with Crippen LogP contribution in [0.25, 0.3) is 0 Å². The molecule has 1 heterocycles. The summed E-state index contributed by atoms with van der Waals surface area (Å²) in [5.41, 5.74) is 3.53. The van der Waals surface area contributed by atoms with Gasteiger partial charge >= 0.3 is 0 Å². The summed E-state index contributed by atoms with van der Waals surface area (Å²) in [4.78, 5) is 0. The van der Waals surface area contributed by atoms with E-state index in [2.05, 4.69) is 47.0 Å². The van der Waals surface area contributed by atoms with Gasteiger partial charge in [0.2, 0.25) is 0 Å². The number of hydrogen-bond donors (Lipinski definition) is 2. The zero-order chi connectivity index (χ0) is 13.1. The highest BCUT2D eigenvalue weighted by molar-refractivity contribution is 5.70. The summed E-state index contributed by atoms with van der Waals surface area (Å²) in [5.74, 6) is 0.944. The lowest BCUT2D eigenvalue weighted by molar-refractivity contribution is 0.406. The summed E-state index contributed by atoms with van der Waals surface area (Å²) in [7, 11) is 1.72. The van der Waals surface area contributed by atoms with Crippen LogP contribution >= 0.6 is 0 Å². The second kappa shape index (κ2) is 5.22. The van der Waals surface area contributed by atoms with Crippen molar-refractivity contribution in [1.82, 2.24) is 0 Å². The van der Waals surface area contributed by atoms with Gasteiger partial charge in [0.1, 0.15) is 5.75 Å². The van der Waals surface area contributed by atoms with Crippen molar-refractivity contribution < 1.29 is 4.74 Å². The number of hydrogen-bond acceptors (Lipinski definition) is 3. The minimum atomic E-state index is 0.271. The van der Waals surface area contributed by atoms with Gasteiger partial charge in [0.15, 0.2) is 0 Å².